The highest BCUT2D eigenvalue weighted by molar-refractivity contribution is 5.91. The monoisotopic (exact) mass is 247 g/mol. The molecule has 3 nitrogen and oxygen atoms in total. The molecule has 0 atom stereocenters. The van der Waals surface area contributed by atoms with Crippen molar-refractivity contribution in [2.45, 2.75) is 26.7 Å². The second-order valence-electron chi connectivity index (χ2n) is 3.98. The molecule has 0 aliphatic heterocycles. The zero-order valence-corrected chi connectivity index (χ0v) is 11.1. The van der Waals surface area contributed by atoms with Gasteiger partial charge >= 0.3 is 0 Å². The van der Waals surface area contributed by atoms with Crippen LogP contribution in [0.3, 0.4) is 0 Å². The highest BCUT2D eigenvalue weighted by Gasteiger charge is 1.95. The van der Waals surface area contributed by atoms with E-state index in [1.54, 1.807) is 12.2 Å². The molecule has 0 saturated carbocycles. The van der Waals surface area contributed by atoms with Crippen LogP contribution in [-0.4, -0.2) is 19.1 Å². The number of ether oxygens (including phenoxy) is 1. The van der Waals surface area contributed by atoms with Crippen molar-refractivity contribution in [2.75, 3.05) is 13.2 Å². The van der Waals surface area contributed by atoms with Gasteiger partial charge in [0.15, 0.2) is 0 Å². The molecular formula is C15H21NO2. The van der Waals surface area contributed by atoms with Gasteiger partial charge in [0.05, 0.1) is 6.61 Å². The lowest BCUT2D eigenvalue weighted by molar-refractivity contribution is -0.116. The van der Waals surface area contributed by atoms with Gasteiger partial charge in [-0.2, -0.15) is 0 Å². The van der Waals surface area contributed by atoms with Gasteiger partial charge in [-0.05, 0) is 37.1 Å². The quantitative estimate of drug-likeness (QED) is 0.594. The van der Waals surface area contributed by atoms with Crippen molar-refractivity contribution >= 4 is 12.0 Å². The van der Waals surface area contributed by atoms with Crippen LogP contribution >= 0.6 is 0 Å². The summed E-state index contributed by atoms with van der Waals surface area (Å²) < 4.78 is 5.35. The van der Waals surface area contributed by atoms with E-state index in [0.717, 1.165) is 30.7 Å². The topological polar surface area (TPSA) is 38.3 Å². The van der Waals surface area contributed by atoms with E-state index >= 15 is 0 Å². The first-order valence-electron chi connectivity index (χ1n) is 6.45. The second-order valence-corrected chi connectivity index (χ2v) is 3.98. The molecular weight excluding hydrogens is 226 g/mol. The van der Waals surface area contributed by atoms with Gasteiger partial charge in [-0.3, -0.25) is 4.79 Å². The van der Waals surface area contributed by atoms with Gasteiger partial charge in [0, 0.05) is 12.6 Å². The molecule has 0 aliphatic carbocycles. The van der Waals surface area contributed by atoms with Crippen LogP contribution in [0.4, 0.5) is 0 Å². The van der Waals surface area contributed by atoms with Crippen LogP contribution in [0.15, 0.2) is 30.3 Å². The number of unbranched alkanes of at least 4 members (excludes halogenated alkanes) is 1. The number of carbonyl (C=O) groups is 1. The van der Waals surface area contributed by atoms with Crippen LogP contribution in [0, 0.1) is 0 Å². The fourth-order valence-electron chi connectivity index (χ4n) is 1.46. The fourth-order valence-corrected chi connectivity index (χ4v) is 1.46. The second kappa shape index (κ2) is 8.34. The van der Waals surface area contributed by atoms with E-state index in [2.05, 4.69) is 12.2 Å². The first-order chi connectivity index (χ1) is 8.76. The van der Waals surface area contributed by atoms with E-state index in [4.69, 9.17) is 4.74 Å². The maximum Gasteiger partial charge on any atom is 0.243 e. The Hall–Kier alpha value is -1.77. The molecule has 0 aromatic heterocycles. The number of hydrogen-bond donors (Lipinski definition) is 1. The lowest BCUT2D eigenvalue weighted by atomic mass is 10.2. The molecule has 0 fully saturated rings. The molecule has 1 rings (SSSR count). The standard InChI is InChI=1S/C15H21NO2/c1-3-5-12-16-15(17)11-8-13-6-9-14(10-7-13)18-4-2/h6-11H,3-5,12H2,1-2H3,(H,16,17). The van der Waals surface area contributed by atoms with Crippen LogP contribution in [0.25, 0.3) is 6.08 Å². The zero-order chi connectivity index (χ0) is 13.2. The zero-order valence-electron chi connectivity index (χ0n) is 11.1. The molecule has 0 unspecified atom stereocenters. The Morgan fingerprint density at radius 3 is 2.61 bits per heavy atom. The molecule has 3 heteroatoms. The highest BCUT2D eigenvalue weighted by Crippen LogP contribution is 2.12. The third-order valence-corrected chi connectivity index (χ3v) is 2.45. The molecule has 98 valence electrons. The lowest BCUT2D eigenvalue weighted by Gasteiger charge is -2.02. The molecule has 1 amide bonds. The molecule has 18 heavy (non-hydrogen) atoms. The largest absolute Gasteiger partial charge is 0.494 e. The van der Waals surface area contributed by atoms with E-state index < -0.39 is 0 Å². The van der Waals surface area contributed by atoms with Crippen molar-refractivity contribution < 1.29 is 9.53 Å². The molecule has 0 bridgehead atoms. The van der Waals surface area contributed by atoms with Crippen molar-refractivity contribution in [1.82, 2.24) is 5.32 Å². The van der Waals surface area contributed by atoms with Crippen molar-refractivity contribution in [3.05, 3.63) is 35.9 Å². The van der Waals surface area contributed by atoms with Crippen molar-refractivity contribution in [3.8, 4) is 5.75 Å². The maximum absolute atomic E-state index is 11.4. The SMILES string of the molecule is CCCCNC(=O)C=Cc1ccc(OCC)cc1. The van der Waals surface area contributed by atoms with Crippen molar-refractivity contribution in [3.63, 3.8) is 0 Å². The van der Waals surface area contributed by atoms with Crippen molar-refractivity contribution in [2.24, 2.45) is 0 Å². The Morgan fingerprint density at radius 1 is 1.28 bits per heavy atom. The third-order valence-electron chi connectivity index (χ3n) is 2.45. The Morgan fingerprint density at radius 2 is 2.00 bits per heavy atom. The third kappa shape index (κ3) is 5.53. The van der Waals surface area contributed by atoms with E-state index in [9.17, 15) is 4.79 Å². The molecule has 0 radical (unpaired) electrons. The molecule has 0 aliphatic rings. The van der Waals surface area contributed by atoms with Crippen LogP contribution in [0.2, 0.25) is 0 Å². The minimum absolute atomic E-state index is 0.0441. The first-order valence-corrected chi connectivity index (χ1v) is 6.45. The minimum Gasteiger partial charge on any atom is -0.494 e. The van der Waals surface area contributed by atoms with Gasteiger partial charge in [-0.1, -0.05) is 25.5 Å². The van der Waals surface area contributed by atoms with Crippen LogP contribution in [0.1, 0.15) is 32.3 Å². The number of rotatable bonds is 7. The number of hydrogen-bond acceptors (Lipinski definition) is 2. The summed E-state index contributed by atoms with van der Waals surface area (Å²) in [6.07, 6.45) is 5.47. The maximum atomic E-state index is 11.4. The Kier molecular flexibility index (Phi) is 6.62. The summed E-state index contributed by atoms with van der Waals surface area (Å²) in [5.41, 5.74) is 0.990. The van der Waals surface area contributed by atoms with Crippen LogP contribution in [0.5, 0.6) is 5.75 Å². The van der Waals surface area contributed by atoms with Crippen molar-refractivity contribution in [1.29, 1.82) is 0 Å². The number of amides is 1. The summed E-state index contributed by atoms with van der Waals surface area (Å²) in [5.74, 6) is 0.805. The fraction of sp³-hybridized carbons (Fsp3) is 0.400. The van der Waals surface area contributed by atoms with Gasteiger partial charge in [-0.25, -0.2) is 0 Å². The van der Waals surface area contributed by atoms with Crippen LogP contribution in [-0.2, 0) is 4.79 Å². The molecule has 0 saturated heterocycles. The van der Waals surface area contributed by atoms with Gasteiger partial charge in [0.2, 0.25) is 5.91 Å². The van der Waals surface area contributed by atoms with E-state index in [-0.39, 0.29) is 5.91 Å². The number of nitrogens with one attached hydrogen (secondary N) is 1. The van der Waals surface area contributed by atoms with Gasteiger partial charge in [-0.15, -0.1) is 0 Å². The molecule has 1 N–H and O–H groups in total. The molecule has 1 aromatic rings. The van der Waals surface area contributed by atoms with E-state index in [1.165, 1.54) is 0 Å². The highest BCUT2D eigenvalue weighted by atomic mass is 16.5. The lowest BCUT2D eigenvalue weighted by Crippen LogP contribution is -2.21. The van der Waals surface area contributed by atoms with E-state index in [0.29, 0.717) is 6.61 Å². The summed E-state index contributed by atoms with van der Waals surface area (Å²) >= 11 is 0. The Balaban J connectivity index is 2.43. The molecule has 0 heterocycles. The summed E-state index contributed by atoms with van der Waals surface area (Å²) in [6.45, 7) is 5.45. The predicted molar refractivity (Wildman–Crippen MR) is 74.6 cm³/mol. The van der Waals surface area contributed by atoms with Gasteiger partial charge < -0.3 is 10.1 Å². The smallest absolute Gasteiger partial charge is 0.243 e. The Labute approximate surface area is 109 Å². The summed E-state index contributed by atoms with van der Waals surface area (Å²) in [7, 11) is 0. The summed E-state index contributed by atoms with van der Waals surface area (Å²) in [4.78, 5) is 11.4. The summed E-state index contributed by atoms with van der Waals surface area (Å²) in [5, 5.41) is 2.84. The van der Waals surface area contributed by atoms with Gasteiger partial charge in [0.25, 0.3) is 0 Å². The average Bonchev–Trinajstić information content (AvgIpc) is 2.39. The Bertz CT molecular complexity index is 382. The number of carbonyl (C=O) groups excluding carboxylic acids is 1. The normalized spacial score (nSPS) is 10.6. The van der Waals surface area contributed by atoms with Crippen LogP contribution < -0.4 is 10.1 Å². The average molecular weight is 247 g/mol. The van der Waals surface area contributed by atoms with Gasteiger partial charge in [0.1, 0.15) is 5.75 Å². The van der Waals surface area contributed by atoms with E-state index in [1.807, 2.05) is 31.2 Å². The minimum atomic E-state index is -0.0441. The molecule has 1 aromatic carbocycles. The summed E-state index contributed by atoms with van der Waals surface area (Å²) in [6, 6.07) is 7.66. The number of benzene rings is 1. The predicted octanol–water partition coefficient (Wildman–Crippen LogP) is 3.01. The molecule has 0 spiro atoms. The first kappa shape index (κ1) is 14.3.